The summed E-state index contributed by atoms with van der Waals surface area (Å²) in [7, 11) is 0. The van der Waals surface area contributed by atoms with Crippen molar-refractivity contribution in [2.45, 2.75) is 5.38 Å². The normalized spacial score (nSPS) is 14.9. The van der Waals surface area contributed by atoms with Crippen LogP contribution in [0.4, 0.5) is 0 Å². The van der Waals surface area contributed by atoms with Gasteiger partial charge in [0.25, 0.3) is 0 Å². The van der Waals surface area contributed by atoms with Gasteiger partial charge < -0.3 is 9.47 Å². The van der Waals surface area contributed by atoms with E-state index in [1.54, 1.807) is 30.3 Å². The quantitative estimate of drug-likeness (QED) is 0.632. The highest BCUT2D eigenvalue weighted by molar-refractivity contribution is 6.35. The number of hydrogen-bond donors (Lipinski definition) is 0. The lowest BCUT2D eigenvalue weighted by Gasteiger charge is -2.21. The standard InChI is InChI=1S/C15H10Cl4O2/c16-9-3-8(4-10(17)5-9)15(19)11-6-13-14(7-12(11)18)21-2-1-20-13/h3-7,15H,1-2H2. The number of alkyl halides is 1. The Balaban J connectivity index is 2.02. The van der Waals surface area contributed by atoms with E-state index in [1.807, 2.05) is 0 Å². The van der Waals surface area contributed by atoms with E-state index in [4.69, 9.17) is 55.9 Å². The Morgan fingerprint density at radius 2 is 1.38 bits per heavy atom. The molecule has 0 amide bonds. The minimum Gasteiger partial charge on any atom is -0.486 e. The highest BCUT2D eigenvalue weighted by Gasteiger charge is 2.21. The van der Waals surface area contributed by atoms with Gasteiger partial charge >= 0.3 is 0 Å². The van der Waals surface area contributed by atoms with Crippen LogP contribution in [0.5, 0.6) is 11.5 Å². The molecule has 2 aromatic carbocycles. The van der Waals surface area contributed by atoms with Gasteiger partial charge in [0.2, 0.25) is 0 Å². The predicted molar refractivity (Wildman–Crippen MR) is 86.6 cm³/mol. The maximum Gasteiger partial charge on any atom is 0.162 e. The largest absolute Gasteiger partial charge is 0.486 e. The Morgan fingerprint density at radius 3 is 2.00 bits per heavy atom. The Bertz CT molecular complexity index is 667. The van der Waals surface area contributed by atoms with Crippen molar-refractivity contribution in [3.8, 4) is 11.5 Å². The maximum absolute atomic E-state index is 6.53. The molecule has 21 heavy (non-hydrogen) atoms. The summed E-state index contributed by atoms with van der Waals surface area (Å²) in [6.07, 6.45) is 0. The summed E-state index contributed by atoms with van der Waals surface area (Å²) in [5.74, 6) is 1.27. The topological polar surface area (TPSA) is 18.5 Å². The van der Waals surface area contributed by atoms with Gasteiger partial charge in [-0.05, 0) is 35.4 Å². The van der Waals surface area contributed by atoms with Gasteiger partial charge in [0.1, 0.15) is 13.2 Å². The molecule has 0 spiro atoms. The maximum atomic E-state index is 6.53. The number of ether oxygens (including phenoxy) is 2. The van der Waals surface area contributed by atoms with Crippen molar-refractivity contribution in [2.24, 2.45) is 0 Å². The van der Waals surface area contributed by atoms with Crippen LogP contribution < -0.4 is 9.47 Å². The minimum absolute atomic E-state index is 0.482. The molecule has 6 heteroatoms. The van der Waals surface area contributed by atoms with Crippen LogP contribution in [0.2, 0.25) is 15.1 Å². The Kier molecular flexibility index (Phi) is 4.41. The van der Waals surface area contributed by atoms with Gasteiger partial charge in [-0.2, -0.15) is 0 Å². The van der Waals surface area contributed by atoms with Crippen molar-refractivity contribution < 1.29 is 9.47 Å². The molecule has 0 aliphatic carbocycles. The van der Waals surface area contributed by atoms with E-state index in [0.717, 1.165) is 11.1 Å². The van der Waals surface area contributed by atoms with Crippen LogP contribution >= 0.6 is 46.4 Å². The lowest BCUT2D eigenvalue weighted by molar-refractivity contribution is 0.171. The van der Waals surface area contributed by atoms with Crippen LogP contribution in [0, 0.1) is 0 Å². The van der Waals surface area contributed by atoms with Gasteiger partial charge in [-0.1, -0.05) is 34.8 Å². The van der Waals surface area contributed by atoms with Crippen LogP contribution in [-0.2, 0) is 0 Å². The molecule has 1 unspecified atom stereocenters. The van der Waals surface area contributed by atoms with E-state index >= 15 is 0 Å². The first-order valence-electron chi connectivity index (χ1n) is 6.23. The minimum atomic E-state index is -0.482. The molecule has 2 aromatic rings. The summed E-state index contributed by atoms with van der Waals surface area (Å²) in [4.78, 5) is 0. The zero-order chi connectivity index (χ0) is 15.0. The molecule has 110 valence electrons. The molecule has 0 aromatic heterocycles. The first-order chi connectivity index (χ1) is 10.0. The van der Waals surface area contributed by atoms with Crippen molar-refractivity contribution >= 4 is 46.4 Å². The summed E-state index contributed by atoms with van der Waals surface area (Å²) in [6.45, 7) is 1.01. The molecule has 0 fully saturated rings. The van der Waals surface area contributed by atoms with Crippen LogP contribution in [0.1, 0.15) is 16.5 Å². The molecule has 0 bridgehead atoms. The van der Waals surface area contributed by atoms with Crippen molar-refractivity contribution in [3.63, 3.8) is 0 Å². The fraction of sp³-hybridized carbons (Fsp3) is 0.200. The average Bonchev–Trinajstić information content (AvgIpc) is 2.44. The molecule has 1 atom stereocenters. The van der Waals surface area contributed by atoms with Crippen LogP contribution in [0.25, 0.3) is 0 Å². The zero-order valence-corrected chi connectivity index (χ0v) is 13.7. The molecule has 3 rings (SSSR count). The van der Waals surface area contributed by atoms with Gasteiger partial charge in [0, 0.05) is 21.1 Å². The second kappa shape index (κ2) is 6.13. The van der Waals surface area contributed by atoms with Crippen LogP contribution in [0.15, 0.2) is 30.3 Å². The molecule has 2 nitrogen and oxygen atoms in total. The molecule has 0 radical (unpaired) electrons. The third-order valence-electron chi connectivity index (χ3n) is 3.11. The summed E-state index contributed by atoms with van der Waals surface area (Å²) in [5.41, 5.74) is 1.49. The zero-order valence-electron chi connectivity index (χ0n) is 10.7. The van der Waals surface area contributed by atoms with Gasteiger partial charge in [-0.25, -0.2) is 0 Å². The van der Waals surface area contributed by atoms with Gasteiger partial charge in [-0.3, -0.25) is 0 Å². The van der Waals surface area contributed by atoms with Crippen molar-refractivity contribution in [3.05, 3.63) is 56.5 Å². The smallest absolute Gasteiger partial charge is 0.162 e. The van der Waals surface area contributed by atoms with E-state index in [1.165, 1.54) is 0 Å². The number of halogens is 4. The second-order valence-corrected chi connectivity index (χ2v) is 6.30. The van der Waals surface area contributed by atoms with Crippen molar-refractivity contribution in [1.82, 2.24) is 0 Å². The molecule has 1 heterocycles. The SMILES string of the molecule is Clc1cc(Cl)cc(C(Cl)c2cc3c(cc2Cl)OCCO3)c1. The van der Waals surface area contributed by atoms with Crippen LogP contribution in [-0.4, -0.2) is 13.2 Å². The fourth-order valence-corrected chi connectivity index (χ4v) is 3.34. The summed E-state index contributed by atoms with van der Waals surface area (Å²) in [5, 5.41) is 1.08. The number of fused-ring (bicyclic) bond motifs is 1. The van der Waals surface area contributed by atoms with E-state index in [9.17, 15) is 0 Å². The first kappa shape index (κ1) is 15.1. The molecule has 0 N–H and O–H groups in total. The fourth-order valence-electron chi connectivity index (χ4n) is 2.17. The van der Waals surface area contributed by atoms with Gasteiger partial charge in [0.05, 0.1) is 5.38 Å². The Labute approximate surface area is 142 Å². The lowest BCUT2D eigenvalue weighted by Crippen LogP contribution is -2.15. The van der Waals surface area contributed by atoms with Gasteiger partial charge in [0.15, 0.2) is 11.5 Å². The molecular weight excluding hydrogens is 354 g/mol. The number of hydrogen-bond acceptors (Lipinski definition) is 2. The highest BCUT2D eigenvalue weighted by Crippen LogP contribution is 2.42. The molecular formula is C15H10Cl4O2. The van der Waals surface area contributed by atoms with Gasteiger partial charge in [-0.15, -0.1) is 11.6 Å². The summed E-state index contributed by atoms with van der Waals surface area (Å²) < 4.78 is 11.0. The van der Waals surface area contributed by atoms with Crippen molar-refractivity contribution in [1.29, 1.82) is 0 Å². The lowest BCUT2D eigenvalue weighted by atomic mass is 10.0. The average molecular weight is 364 g/mol. The van der Waals surface area contributed by atoms with E-state index in [0.29, 0.717) is 39.8 Å². The predicted octanol–water partition coefficient (Wildman–Crippen LogP) is 5.75. The van der Waals surface area contributed by atoms with Crippen molar-refractivity contribution in [2.75, 3.05) is 13.2 Å². The Morgan fingerprint density at radius 1 is 0.810 bits per heavy atom. The van der Waals surface area contributed by atoms with E-state index < -0.39 is 5.38 Å². The molecule has 0 saturated heterocycles. The number of rotatable bonds is 2. The Hall–Kier alpha value is -0.800. The summed E-state index contributed by atoms with van der Waals surface area (Å²) in [6, 6.07) is 8.69. The van der Waals surface area contributed by atoms with E-state index in [-0.39, 0.29) is 0 Å². The highest BCUT2D eigenvalue weighted by atomic mass is 35.5. The molecule has 1 aliphatic heterocycles. The van der Waals surface area contributed by atoms with Crippen LogP contribution in [0.3, 0.4) is 0 Å². The monoisotopic (exact) mass is 362 g/mol. The molecule has 0 saturated carbocycles. The third-order valence-corrected chi connectivity index (χ3v) is 4.36. The number of benzene rings is 2. The molecule has 1 aliphatic rings. The first-order valence-corrected chi connectivity index (χ1v) is 7.81. The second-order valence-electron chi connectivity index (χ2n) is 4.58. The summed E-state index contributed by atoms with van der Waals surface area (Å²) >= 11 is 24.9. The third kappa shape index (κ3) is 3.19. The van der Waals surface area contributed by atoms with E-state index in [2.05, 4.69) is 0 Å².